The summed E-state index contributed by atoms with van der Waals surface area (Å²) >= 11 is 1.54. The highest BCUT2D eigenvalue weighted by Crippen LogP contribution is 2.31. The Morgan fingerprint density at radius 1 is 1.35 bits per heavy atom. The van der Waals surface area contributed by atoms with E-state index in [1.165, 1.54) is 6.92 Å². The second kappa shape index (κ2) is 8.28. The molecule has 1 aliphatic rings. The van der Waals surface area contributed by atoms with Crippen molar-refractivity contribution in [2.75, 3.05) is 13.1 Å². The molecule has 0 aliphatic carbocycles. The van der Waals surface area contributed by atoms with Gasteiger partial charge in [-0.2, -0.15) is 0 Å². The van der Waals surface area contributed by atoms with Crippen molar-refractivity contribution in [3.05, 3.63) is 52.0 Å². The minimum atomic E-state index is -3.34. The summed E-state index contributed by atoms with van der Waals surface area (Å²) in [4.78, 5) is 15.6. The molecule has 0 unspecified atom stereocenters. The number of carbonyl (C=O) groups excluding carboxylic acids is 1. The van der Waals surface area contributed by atoms with Crippen molar-refractivity contribution in [3.63, 3.8) is 0 Å². The third-order valence-electron chi connectivity index (χ3n) is 4.41. The molecule has 8 heteroatoms. The van der Waals surface area contributed by atoms with Crippen molar-refractivity contribution in [1.29, 1.82) is 0 Å². The molecule has 140 valence electrons. The van der Waals surface area contributed by atoms with Crippen LogP contribution >= 0.6 is 11.3 Å². The zero-order valence-electron chi connectivity index (χ0n) is 14.7. The first-order chi connectivity index (χ1) is 12.4. The van der Waals surface area contributed by atoms with Crippen molar-refractivity contribution in [2.45, 2.75) is 38.0 Å². The number of hydrogen-bond acceptors (Lipinski definition) is 5. The molecule has 3 rings (SSSR count). The van der Waals surface area contributed by atoms with Crippen LogP contribution in [-0.4, -0.2) is 36.7 Å². The molecule has 1 saturated heterocycles. The number of aromatic nitrogens is 1. The van der Waals surface area contributed by atoms with E-state index < -0.39 is 10.0 Å². The molecule has 2 aromatic rings. The van der Waals surface area contributed by atoms with Crippen LogP contribution in [0.1, 0.15) is 41.9 Å². The number of rotatable bonds is 6. The van der Waals surface area contributed by atoms with Crippen LogP contribution in [-0.2, 0) is 27.1 Å². The van der Waals surface area contributed by atoms with E-state index in [0.717, 1.165) is 29.1 Å². The SMILES string of the molecule is CC(=O)NCc1csc([C@@H]2CCCN(S(=O)(=O)Cc3ccccc3)C2)n1. The zero-order valence-corrected chi connectivity index (χ0v) is 16.4. The van der Waals surface area contributed by atoms with E-state index in [9.17, 15) is 13.2 Å². The molecule has 1 aromatic heterocycles. The van der Waals surface area contributed by atoms with Gasteiger partial charge >= 0.3 is 0 Å². The van der Waals surface area contributed by atoms with Gasteiger partial charge in [0, 0.05) is 31.3 Å². The molecule has 0 radical (unpaired) electrons. The summed E-state index contributed by atoms with van der Waals surface area (Å²) in [5.74, 6) is 0.0624. The monoisotopic (exact) mass is 393 g/mol. The van der Waals surface area contributed by atoms with E-state index in [1.807, 2.05) is 35.7 Å². The quantitative estimate of drug-likeness (QED) is 0.818. The second-order valence-electron chi connectivity index (χ2n) is 6.53. The maximum atomic E-state index is 12.8. The summed E-state index contributed by atoms with van der Waals surface area (Å²) in [5.41, 5.74) is 1.63. The summed E-state index contributed by atoms with van der Waals surface area (Å²) in [6.45, 7) is 2.93. The van der Waals surface area contributed by atoms with E-state index >= 15 is 0 Å². The number of nitrogens with zero attached hydrogens (tertiary/aromatic N) is 2. The van der Waals surface area contributed by atoms with Crippen LogP contribution < -0.4 is 5.32 Å². The Morgan fingerprint density at radius 2 is 2.12 bits per heavy atom. The number of amides is 1. The molecule has 1 N–H and O–H groups in total. The smallest absolute Gasteiger partial charge is 0.218 e. The van der Waals surface area contributed by atoms with Gasteiger partial charge in [-0.05, 0) is 18.4 Å². The van der Waals surface area contributed by atoms with Crippen LogP contribution in [0.3, 0.4) is 0 Å². The predicted molar refractivity (Wildman–Crippen MR) is 102 cm³/mol. The van der Waals surface area contributed by atoms with E-state index in [2.05, 4.69) is 10.3 Å². The molecule has 26 heavy (non-hydrogen) atoms. The molecular weight excluding hydrogens is 370 g/mol. The average molecular weight is 394 g/mol. The minimum Gasteiger partial charge on any atom is -0.351 e. The highest BCUT2D eigenvalue weighted by molar-refractivity contribution is 7.88. The highest BCUT2D eigenvalue weighted by Gasteiger charge is 2.31. The lowest BCUT2D eigenvalue weighted by Crippen LogP contribution is -2.39. The molecule has 1 fully saturated rings. The molecule has 0 bridgehead atoms. The van der Waals surface area contributed by atoms with Gasteiger partial charge in [0.15, 0.2) is 0 Å². The first kappa shape index (κ1) is 19.0. The molecule has 1 aromatic carbocycles. The van der Waals surface area contributed by atoms with Crippen molar-refractivity contribution < 1.29 is 13.2 Å². The Bertz CT molecular complexity index is 850. The van der Waals surface area contributed by atoms with E-state index in [-0.39, 0.29) is 17.6 Å². The maximum absolute atomic E-state index is 12.8. The lowest BCUT2D eigenvalue weighted by atomic mass is 10.0. The summed E-state index contributed by atoms with van der Waals surface area (Å²) in [6.07, 6.45) is 1.77. The zero-order chi connectivity index (χ0) is 18.6. The van der Waals surface area contributed by atoms with Crippen LogP contribution in [0.2, 0.25) is 0 Å². The number of sulfonamides is 1. The number of thiazole rings is 1. The van der Waals surface area contributed by atoms with E-state index in [4.69, 9.17) is 0 Å². The minimum absolute atomic E-state index is 0.0339. The van der Waals surface area contributed by atoms with Gasteiger partial charge in [-0.1, -0.05) is 30.3 Å². The van der Waals surface area contributed by atoms with Gasteiger partial charge in [0.25, 0.3) is 0 Å². The molecule has 1 amide bonds. The number of benzene rings is 1. The fourth-order valence-corrected chi connectivity index (χ4v) is 5.64. The third kappa shape index (κ3) is 4.90. The summed E-state index contributed by atoms with van der Waals surface area (Å²) in [7, 11) is -3.34. The Hall–Kier alpha value is -1.77. The van der Waals surface area contributed by atoms with Gasteiger partial charge in [-0.25, -0.2) is 17.7 Å². The number of carbonyl (C=O) groups is 1. The van der Waals surface area contributed by atoms with Gasteiger partial charge in [-0.15, -0.1) is 11.3 Å². The Balaban J connectivity index is 1.66. The first-order valence-electron chi connectivity index (χ1n) is 8.64. The van der Waals surface area contributed by atoms with Gasteiger partial charge in [0.05, 0.1) is 23.0 Å². The number of nitrogens with one attached hydrogen (secondary N) is 1. The standard InChI is InChI=1S/C18H23N3O3S2/c1-14(22)19-10-17-12-25-18(20-17)16-8-5-9-21(11-16)26(23,24)13-15-6-3-2-4-7-15/h2-4,6-7,12,16H,5,8-11,13H2,1H3,(H,19,22)/t16-/m1/s1. The lowest BCUT2D eigenvalue weighted by molar-refractivity contribution is -0.119. The molecule has 0 spiro atoms. The number of hydrogen-bond donors (Lipinski definition) is 1. The van der Waals surface area contributed by atoms with Crippen molar-refractivity contribution in [2.24, 2.45) is 0 Å². The Labute approximate surface area is 158 Å². The Morgan fingerprint density at radius 3 is 2.85 bits per heavy atom. The summed E-state index contributed by atoms with van der Waals surface area (Å²) < 4.78 is 27.2. The van der Waals surface area contributed by atoms with Crippen LogP contribution in [0.4, 0.5) is 0 Å². The predicted octanol–water partition coefficient (Wildman–Crippen LogP) is 2.49. The van der Waals surface area contributed by atoms with Crippen molar-refractivity contribution in [1.82, 2.24) is 14.6 Å². The van der Waals surface area contributed by atoms with Gasteiger partial charge in [-0.3, -0.25) is 4.79 Å². The Kier molecular flexibility index (Phi) is 6.05. The average Bonchev–Trinajstić information content (AvgIpc) is 3.10. The van der Waals surface area contributed by atoms with Gasteiger partial charge < -0.3 is 5.32 Å². The first-order valence-corrected chi connectivity index (χ1v) is 11.1. The highest BCUT2D eigenvalue weighted by atomic mass is 32.2. The number of piperidine rings is 1. The van der Waals surface area contributed by atoms with E-state index in [0.29, 0.717) is 19.6 Å². The summed E-state index contributed by atoms with van der Waals surface area (Å²) in [6, 6.07) is 9.28. The fraction of sp³-hybridized carbons (Fsp3) is 0.444. The lowest BCUT2D eigenvalue weighted by Gasteiger charge is -2.31. The topological polar surface area (TPSA) is 79.4 Å². The van der Waals surface area contributed by atoms with Crippen LogP contribution in [0, 0.1) is 0 Å². The largest absolute Gasteiger partial charge is 0.351 e. The third-order valence-corrected chi connectivity index (χ3v) is 7.28. The van der Waals surface area contributed by atoms with Gasteiger partial charge in [0.2, 0.25) is 15.9 Å². The molecular formula is C18H23N3O3S2. The molecule has 1 atom stereocenters. The maximum Gasteiger partial charge on any atom is 0.218 e. The normalized spacial score (nSPS) is 18.6. The van der Waals surface area contributed by atoms with Crippen LogP contribution in [0.5, 0.6) is 0 Å². The molecule has 2 heterocycles. The molecule has 1 aliphatic heterocycles. The van der Waals surface area contributed by atoms with Crippen molar-refractivity contribution in [3.8, 4) is 0 Å². The summed E-state index contributed by atoms with van der Waals surface area (Å²) in [5, 5.41) is 5.62. The molecule has 6 nitrogen and oxygen atoms in total. The van der Waals surface area contributed by atoms with Crippen LogP contribution in [0.15, 0.2) is 35.7 Å². The van der Waals surface area contributed by atoms with Crippen LogP contribution in [0.25, 0.3) is 0 Å². The van der Waals surface area contributed by atoms with Crippen molar-refractivity contribution >= 4 is 27.3 Å². The fourth-order valence-electron chi connectivity index (χ4n) is 3.08. The molecule has 0 saturated carbocycles. The van der Waals surface area contributed by atoms with Gasteiger partial charge in [0.1, 0.15) is 0 Å². The second-order valence-corrected chi connectivity index (χ2v) is 9.38. The van der Waals surface area contributed by atoms with E-state index in [1.54, 1.807) is 15.6 Å².